The lowest BCUT2D eigenvalue weighted by Crippen LogP contribution is -2.20. The number of aromatic nitrogens is 3. The highest BCUT2D eigenvalue weighted by Gasteiger charge is 2.35. The molecule has 1 saturated carbocycles. The van der Waals surface area contributed by atoms with Crippen molar-refractivity contribution in [2.24, 2.45) is 11.8 Å². The van der Waals surface area contributed by atoms with Gasteiger partial charge in [-0.3, -0.25) is 9.48 Å². The zero-order chi connectivity index (χ0) is 21.1. The molecule has 2 rings (SSSR count). The van der Waals surface area contributed by atoms with Crippen LogP contribution >= 0.6 is 0 Å². The van der Waals surface area contributed by atoms with Crippen molar-refractivity contribution in [3.05, 3.63) is 41.1 Å². The van der Waals surface area contributed by atoms with E-state index >= 15 is 0 Å². The fourth-order valence-electron chi connectivity index (χ4n) is 4.16. The fraction of sp³-hybridized carbons (Fsp3) is 0.682. The molecule has 3 N–H and O–H groups in total. The third-order valence-electron chi connectivity index (χ3n) is 5.74. The number of rotatable bonds is 13. The maximum atomic E-state index is 11.5. The number of hydrogen-bond donors (Lipinski definition) is 3. The third-order valence-corrected chi connectivity index (χ3v) is 5.74. The zero-order valence-electron chi connectivity index (χ0n) is 17.4. The average molecular weight is 406 g/mol. The molecular weight excluding hydrogens is 370 g/mol. The van der Waals surface area contributed by atoms with Gasteiger partial charge in [-0.1, -0.05) is 50.5 Å². The van der Waals surface area contributed by atoms with Gasteiger partial charge in [0.25, 0.3) is 0 Å². The number of allylic oxidation sites excluding steroid dienone is 3. The number of hydrogen-bond acceptors (Lipinski definition) is 4. The molecule has 162 valence electrons. The van der Waals surface area contributed by atoms with E-state index in [0.29, 0.717) is 18.3 Å². The number of H-pyrrole nitrogens is 1. The molecule has 0 bridgehead atoms. The van der Waals surface area contributed by atoms with Crippen molar-refractivity contribution in [2.45, 2.75) is 83.3 Å². The van der Waals surface area contributed by atoms with E-state index in [1.807, 2.05) is 10.8 Å². The molecule has 1 aliphatic carbocycles. The van der Waals surface area contributed by atoms with E-state index in [1.165, 1.54) is 0 Å². The van der Waals surface area contributed by atoms with Crippen LogP contribution in [0.3, 0.4) is 0 Å². The summed E-state index contributed by atoms with van der Waals surface area (Å²) < 4.78 is 1.82. The first-order valence-electron chi connectivity index (χ1n) is 10.9. The molecule has 0 saturated heterocycles. The van der Waals surface area contributed by atoms with Gasteiger partial charge >= 0.3 is 11.7 Å². The zero-order valence-corrected chi connectivity index (χ0v) is 17.4. The van der Waals surface area contributed by atoms with Crippen molar-refractivity contribution < 1.29 is 15.0 Å². The lowest BCUT2D eigenvalue weighted by atomic mass is 9.89. The number of unbranched alkanes of at least 4 members (excludes halogenated alkanes) is 3. The minimum Gasteiger partial charge on any atom is -0.481 e. The molecule has 7 nitrogen and oxygen atoms in total. The predicted octanol–water partition coefficient (Wildman–Crippen LogP) is 3.84. The molecule has 1 aromatic rings. The highest BCUT2D eigenvalue weighted by molar-refractivity contribution is 5.66. The van der Waals surface area contributed by atoms with Gasteiger partial charge in [0.05, 0.1) is 12.1 Å². The van der Waals surface area contributed by atoms with E-state index in [9.17, 15) is 14.7 Å². The highest BCUT2D eigenvalue weighted by Crippen LogP contribution is 2.43. The molecule has 0 spiro atoms. The SMILES string of the molecule is CCCCC[C@H](O)/C=C/[C@H]1CCC(n2cnc(=O)[nH]2)[C@@H]1C/C=C\CCCC(=O)O. The van der Waals surface area contributed by atoms with Gasteiger partial charge in [-0.2, -0.15) is 4.98 Å². The molecule has 0 amide bonds. The summed E-state index contributed by atoms with van der Waals surface area (Å²) in [6, 6.07) is 0.167. The number of carboxylic acid groups (broad SMARTS) is 1. The van der Waals surface area contributed by atoms with Crippen molar-refractivity contribution in [1.29, 1.82) is 0 Å². The number of carboxylic acids is 1. The van der Waals surface area contributed by atoms with E-state index in [1.54, 1.807) is 6.33 Å². The standard InChI is InChI=1S/C22H35N3O4/c1-2-3-6-9-18(26)14-12-17-13-15-20(25-16-23-22(29)24-25)19(17)10-7-4-5-8-11-21(27)28/h4,7,12,14,16-20,26H,2-3,5-6,8-11,13,15H2,1H3,(H,24,29)(H,27,28)/b7-4-,14-12+/t17-,18-,19+,20?/m0/s1. The van der Waals surface area contributed by atoms with Gasteiger partial charge in [-0.25, -0.2) is 9.89 Å². The number of nitrogens with zero attached hydrogens (tertiary/aromatic N) is 2. The second-order valence-corrected chi connectivity index (χ2v) is 7.98. The Kier molecular flexibility index (Phi) is 9.91. The van der Waals surface area contributed by atoms with E-state index < -0.39 is 12.1 Å². The average Bonchev–Trinajstić information content (AvgIpc) is 3.28. The van der Waals surface area contributed by atoms with Crippen LogP contribution in [0.5, 0.6) is 0 Å². The summed E-state index contributed by atoms with van der Waals surface area (Å²) in [4.78, 5) is 25.9. The van der Waals surface area contributed by atoms with Crippen molar-refractivity contribution in [2.75, 3.05) is 0 Å². The molecule has 4 atom stereocenters. The molecule has 1 unspecified atom stereocenters. The first-order valence-corrected chi connectivity index (χ1v) is 10.9. The van der Waals surface area contributed by atoms with Gasteiger partial charge in [-0.05, 0) is 50.4 Å². The van der Waals surface area contributed by atoms with Crippen LogP contribution in [0.15, 0.2) is 35.4 Å². The Labute approximate surface area is 172 Å². The Balaban J connectivity index is 1.97. The topological polar surface area (TPSA) is 108 Å². The molecule has 29 heavy (non-hydrogen) atoms. The Hall–Kier alpha value is -2.15. The summed E-state index contributed by atoms with van der Waals surface area (Å²) in [5.74, 6) is -0.133. The predicted molar refractivity (Wildman–Crippen MR) is 113 cm³/mol. The van der Waals surface area contributed by atoms with Crippen molar-refractivity contribution >= 4 is 5.97 Å². The number of aliphatic carboxylic acids is 1. The van der Waals surface area contributed by atoms with Gasteiger partial charge < -0.3 is 10.2 Å². The van der Waals surface area contributed by atoms with E-state index in [0.717, 1.165) is 51.4 Å². The summed E-state index contributed by atoms with van der Waals surface area (Å²) in [5.41, 5.74) is -0.335. The first-order chi connectivity index (χ1) is 14.0. The Morgan fingerprint density at radius 2 is 2.17 bits per heavy atom. The minimum atomic E-state index is -0.763. The molecule has 7 heteroatoms. The summed E-state index contributed by atoms with van der Waals surface area (Å²) in [6.45, 7) is 2.15. The molecular formula is C22H35N3O4. The molecule has 0 aliphatic heterocycles. The van der Waals surface area contributed by atoms with Gasteiger partial charge in [0.15, 0.2) is 0 Å². The van der Waals surface area contributed by atoms with Crippen LogP contribution in [0.4, 0.5) is 0 Å². The smallest absolute Gasteiger partial charge is 0.361 e. The van der Waals surface area contributed by atoms with Crippen LogP contribution in [-0.2, 0) is 4.79 Å². The number of nitrogens with one attached hydrogen (secondary N) is 1. The molecule has 1 aromatic heterocycles. The maximum Gasteiger partial charge on any atom is 0.361 e. The number of aromatic amines is 1. The fourth-order valence-corrected chi connectivity index (χ4v) is 4.16. The van der Waals surface area contributed by atoms with Crippen molar-refractivity contribution in [3.63, 3.8) is 0 Å². The lowest BCUT2D eigenvalue weighted by Gasteiger charge is -2.23. The highest BCUT2D eigenvalue weighted by atomic mass is 16.4. The number of aliphatic hydroxyl groups is 1. The van der Waals surface area contributed by atoms with Gasteiger partial charge in [0, 0.05) is 6.42 Å². The van der Waals surface area contributed by atoms with Crippen LogP contribution in [0.1, 0.15) is 77.2 Å². The second kappa shape index (κ2) is 12.4. The maximum absolute atomic E-state index is 11.5. The molecule has 0 radical (unpaired) electrons. The van der Waals surface area contributed by atoms with Gasteiger partial charge in [0.2, 0.25) is 0 Å². The summed E-state index contributed by atoms with van der Waals surface area (Å²) >= 11 is 0. The minimum absolute atomic E-state index is 0.167. The number of carbonyl (C=O) groups is 1. The Bertz CT molecular complexity index is 722. The largest absolute Gasteiger partial charge is 0.481 e. The molecule has 1 aliphatic rings. The first kappa shape index (κ1) is 23.1. The summed E-state index contributed by atoms with van der Waals surface area (Å²) in [6.07, 6.45) is 17.9. The van der Waals surface area contributed by atoms with E-state index in [2.05, 4.69) is 35.2 Å². The van der Waals surface area contributed by atoms with Gasteiger partial charge in [0.1, 0.15) is 6.33 Å². The van der Waals surface area contributed by atoms with Crippen LogP contribution in [-0.4, -0.2) is 37.1 Å². The quantitative estimate of drug-likeness (QED) is 0.341. The van der Waals surface area contributed by atoms with Crippen molar-refractivity contribution in [1.82, 2.24) is 14.8 Å². The Morgan fingerprint density at radius 1 is 1.34 bits per heavy atom. The summed E-state index contributed by atoms with van der Waals surface area (Å²) in [7, 11) is 0. The van der Waals surface area contributed by atoms with Crippen LogP contribution in [0.25, 0.3) is 0 Å². The Morgan fingerprint density at radius 3 is 2.86 bits per heavy atom. The molecule has 1 fully saturated rings. The summed E-state index contributed by atoms with van der Waals surface area (Å²) in [5, 5.41) is 21.7. The monoisotopic (exact) mass is 405 g/mol. The lowest BCUT2D eigenvalue weighted by molar-refractivity contribution is -0.137. The van der Waals surface area contributed by atoms with Gasteiger partial charge in [-0.15, -0.1) is 0 Å². The van der Waals surface area contributed by atoms with Crippen LogP contribution in [0.2, 0.25) is 0 Å². The van der Waals surface area contributed by atoms with E-state index in [-0.39, 0.29) is 18.2 Å². The van der Waals surface area contributed by atoms with E-state index in [4.69, 9.17) is 5.11 Å². The number of aliphatic hydroxyl groups excluding tert-OH is 1. The van der Waals surface area contributed by atoms with Crippen molar-refractivity contribution in [3.8, 4) is 0 Å². The normalized spacial score (nSPS) is 23.3. The van der Waals surface area contributed by atoms with Crippen LogP contribution < -0.4 is 5.69 Å². The molecule has 1 heterocycles. The second-order valence-electron chi connectivity index (χ2n) is 7.98. The molecule has 0 aromatic carbocycles. The third kappa shape index (κ3) is 8.01. The van der Waals surface area contributed by atoms with Crippen LogP contribution in [0, 0.1) is 11.8 Å².